The molecule has 54 heavy (non-hydrogen) atoms. The van der Waals surface area contributed by atoms with Gasteiger partial charge in [-0.15, -0.1) is 0 Å². The van der Waals surface area contributed by atoms with Crippen LogP contribution in [0.15, 0.2) is 0 Å². The van der Waals surface area contributed by atoms with Crippen LogP contribution >= 0.6 is 0 Å². The van der Waals surface area contributed by atoms with Crippen LogP contribution in [0.1, 0.15) is 109 Å². The average Bonchev–Trinajstić information content (AvgIpc) is 3.06. The van der Waals surface area contributed by atoms with Crippen molar-refractivity contribution < 1.29 is 58.7 Å². The lowest BCUT2D eigenvalue weighted by atomic mass is 9.76. The van der Waals surface area contributed by atoms with Gasteiger partial charge in [0, 0.05) is 38.1 Å². The Hall–Kier alpha value is -1.01. The van der Waals surface area contributed by atoms with E-state index in [1.807, 2.05) is 65.6 Å². The fraction of sp³-hybridized carbons (Fsp3) is 0.975. The Balaban J connectivity index is 2.60. The maximum Gasteiger partial charge on any atom is 0.311 e. The van der Waals surface area contributed by atoms with Crippen LogP contribution in [0.25, 0.3) is 0 Å². The number of aliphatic hydroxyl groups is 5. The van der Waals surface area contributed by atoms with Crippen LogP contribution in [0, 0.1) is 17.8 Å². The molecule has 0 spiro atoms. The average molecular weight is 779 g/mol. The Morgan fingerprint density at radius 3 is 2.13 bits per heavy atom. The number of hydrogen-bond acceptors (Lipinski definition) is 14. The summed E-state index contributed by atoms with van der Waals surface area (Å²) in [6.45, 7) is 21.9. The van der Waals surface area contributed by atoms with Gasteiger partial charge in [0.15, 0.2) is 12.6 Å². The standard InChI is InChI=1S/C40H78N2O12/c1-17-18-50-35(45)26(5)32(53-30-21-39(11,49-16)40(12,48)28(7)52-30)25(4)34(54-36-31(43)29(41(13)14)19-24(3)51-36)38(10,47)20-23(2)22-42(15)27(6)33(44)37(8,9)46/h23-34,36,43-44,46-48H,17-22H2,1-16H3/t23?,24?,25?,26?,27?,28?,29?,30?,31?,32?,33?,34?,36?,38?,39?,40-/m1/s1. The molecule has 320 valence electrons. The fourth-order valence-electron chi connectivity index (χ4n) is 8.26. The fourth-order valence-corrected chi connectivity index (χ4v) is 8.26. The molecule has 0 saturated carbocycles. The molecular formula is C40H78N2O12. The van der Waals surface area contributed by atoms with Crippen molar-refractivity contribution in [2.75, 3.05) is 41.4 Å². The Labute approximate surface area is 325 Å². The van der Waals surface area contributed by atoms with Gasteiger partial charge in [-0.25, -0.2) is 0 Å². The third kappa shape index (κ3) is 12.0. The molecule has 16 atom stereocenters. The van der Waals surface area contributed by atoms with E-state index >= 15 is 0 Å². The number of esters is 1. The van der Waals surface area contributed by atoms with Gasteiger partial charge in [-0.3, -0.25) is 4.79 Å². The quantitative estimate of drug-likeness (QED) is 0.114. The van der Waals surface area contributed by atoms with E-state index in [1.165, 1.54) is 7.11 Å². The second-order valence-corrected chi connectivity index (χ2v) is 18.0. The lowest BCUT2D eigenvalue weighted by molar-refractivity contribution is -0.334. The highest BCUT2D eigenvalue weighted by Gasteiger charge is 2.56. The van der Waals surface area contributed by atoms with Crippen molar-refractivity contribution in [2.45, 2.75) is 192 Å². The van der Waals surface area contributed by atoms with Gasteiger partial charge < -0.3 is 63.8 Å². The van der Waals surface area contributed by atoms with Gasteiger partial charge in [-0.1, -0.05) is 20.8 Å². The van der Waals surface area contributed by atoms with Gasteiger partial charge in [0.2, 0.25) is 0 Å². The molecular weight excluding hydrogens is 700 g/mol. The van der Waals surface area contributed by atoms with E-state index in [0.29, 0.717) is 19.4 Å². The number of methoxy groups -OCH3 is 1. The van der Waals surface area contributed by atoms with Crippen molar-refractivity contribution in [2.24, 2.45) is 17.8 Å². The smallest absolute Gasteiger partial charge is 0.311 e. The molecule has 2 aliphatic rings. The first-order chi connectivity index (χ1) is 24.6. The van der Waals surface area contributed by atoms with Gasteiger partial charge >= 0.3 is 5.97 Å². The largest absolute Gasteiger partial charge is 0.465 e. The van der Waals surface area contributed by atoms with Gasteiger partial charge in [-0.2, -0.15) is 0 Å². The normalized spacial score (nSPS) is 34.8. The summed E-state index contributed by atoms with van der Waals surface area (Å²) in [6.07, 6.45) is -5.44. The molecule has 5 N–H and O–H groups in total. The minimum absolute atomic E-state index is 0.146. The lowest BCUT2D eigenvalue weighted by Gasteiger charge is -2.52. The summed E-state index contributed by atoms with van der Waals surface area (Å²) in [5.74, 6) is -2.20. The van der Waals surface area contributed by atoms with Crippen molar-refractivity contribution in [1.29, 1.82) is 0 Å². The molecule has 2 saturated heterocycles. The summed E-state index contributed by atoms with van der Waals surface area (Å²) in [5, 5.41) is 56.7. The molecule has 0 amide bonds. The highest BCUT2D eigenvalue weighted by atomic mass is 16.7. The van der Waals surface area contributed by atoms with Crippen LogP contribution in [0.3, 0.4) is 0 Å². The van der Waals surface area contributed by atoms with E-state index in [4.69, 9.17) is 28.4 Å². The van der Waals surface area contributed by atoms with Crippen molar-refractivity contribution in [3.05, 3.63) is 0 Å². The number of carbonyl (C=O) groups is 1. The number of likely N-dealkylation sites (N-methyl/N-ethyl adjacent to an activating group) is 2. The first-order valence-electron chi connectivity index (χ1n) is 19.9. The minimum Gasteiger partial charge on any atom is -0.465 e. The molecule has 2 fully saturated rings. The Morgan fingerprint density at radius 1 is 1.02 bits per heavy atom. The minimum atomic E-state index is -1.57. The van der Waals surface area contributed by atoms with Gasteiger partial charge in [-0.05, 0) is 109 Å². The SMILES string of the molecule is CCCOC(=O)C(C)C(OC1CC(C)(OC)[C@](C)(O)C(C)O1)C(C)C(OC1OC(C)CC(N(C)C)C1O)C(C)(O)CC(C)CN(C)C(C)C(O)C(C)(C)O. The molecule has 2 heterocycles. The van der Waals surface area contributed by atoms with E-state index in [1.54, 1.807) is 48.5 Å². The zero-order valence-electron chi connectivity index (χ0n) is 36.2. The molecule has 15 unspecified atom stereocenters. The number of carbonyl (C=O) groups excluding carboxylic acids is 1. The summed E-state index contributed by atoms with van der Waals surface area (Å²) in [4.78, 5) is 17.5. The van der Waals surface area contributed by atoms with Crippen molar-refractivity contribution in [1.82, 2.24) is 9.80 Å². The molecule has 14 heteroatoms. The zero-order valence-corrected chi connectivity index (χ0v) is 36.2. The van der Waals surface area contributed by atoms with Gasteiger partial charge in [0.25, 0.3) is 0 Å². The molecule has 0 bridgehead atoms. The Bertz CT molecular complexity index is 1150. The third-order valence-corrected chi connectivity index (χ3v) is 12.2. The summed E-state index contributed by atoms with van der Waals surface area (Å²) in [5.41, 5.74) is -5.28. The predicted octanol–water partition coefficient (Wildman–Crippen LogP) is 2.93. The summed E-state index contributed by atoms with van der Waals surface area (Å²) >= 11 is 0. The summed E-state index contributed by atoms with van der Waals surface area (Å²) in [7, 11) is 7.16. The molecule has 0 aromatic heterocycles. The zero-order chi connectivity index (χ0) is 41.7. The number of ether oxygens (including phenoxy) is 6. The van der Waals surface area contributed by atoms with Crippen molar-refractivity contribution in [3.8, 4) is 0 Å². The van der Waals surface area contributed by atoms with Crippen LogP contribution in [0.2, 0.25) is 0 Å². The van der Waals surface area contributed by atoms with Crippen molar-refractivity contribution in [3.63, 3.8) is 0 Å². The third-order valence-electron chi connectivity index (χ3n) is 12.2. The second-order valence-electron chi connectivity index (χ2n) is 18.0. The van der Waals surface area contributed by atoms with E-state index in [9.17, 15) is 30.3 Å². The van der Waals surface area contributed by atoms with E-state index in [2.05, 4.69) is 0 Å². The highest BCUT2D eigenvalue weighted by molar-refractivity contribution is 5.72. The maximum atomic E-state index is 13.6. The van der Waals surface area contributed by atoms with E-state index in [-0.39, 0.29) is 43.6 Å². The van der Waals surface area contributed by atoms with Gasteiger partial charge in [0.1, 0.15) is 17.3 Å². The number of nitrogens with zero attached hydrogens (tertiary/aromatic N) is 2. The predicted molar refractivity (Wildman–Crippen MR) is 206 cm³/mol. The molecule has 14 nitrogen and oxygen atoms in total. The first-order valence-corrected chi connectivity index (χ1v) is 19.9. The number of rotatable bonds is 20. The molecule has 0 aliphatic carbocycles. The molecule has 0 radical (unpaired) electrons. The lowest BCUT2D eigenvalue weighted by Crippen LogP contribution is -2.65. The maximum absolute atomic E-state index is 13.6. The number of hydrogen-bond donors (Lipinski definition) is 5. The van der Waals surface area contributed by atoms with Crippen LogP contribution in [0.5, 0.6) is 0 Å². The van der Waals surface area contributed by atoms with Crippen LogP contribution in [-0.4, -0.2) is 166 Å². The second kappa shape index (κ2) is 19.6. The summed E-state index contributed by atoms with van der Waals surface area (Å²) in [6, 6.07) is -0.662. The van der Waals surface area contributed by atoms with Crippen LogP contribution in [-0.2, 0) is 33.2 Å². The van der Waals surface area contributed by atoms with Crippen LogP contribution < -0.4 is 0 Å². The topological polar surface area (TPSA) is 180 Å². The summed E-state index contributed by atoms with van der Waals surface area (Å²) < 4.78 is 37.4. The molecule has 2 rings (SSSR count). The molecule has 0 aromatic rings. The van der Waals surface area contributed by atoms with Gasteiger partial charge in [0.05, 0.1) is 54.2 Å². The monoisotopic (exact) mass is 779 g/mol. The van der Waals surface area contributed by atoms with Crippen LogP contribution in [0.4, 0.5) is 0 Å². The Kier molecular flexibility index (Phi) is 17.9. The van der Waals surface area contributed by atoms with E-state index in [0.717, 1.165) is 0 Å². The highest BCUT2D eigenvalue weighted by Crippen LogP contribution is 2.43. The molecule has 2 aliphatic heterocycles. The first kappa shape index (κ1) is 49.1. The number of aliphatic hydroxyl groups excluding tert-OH is 2. The Morgan fingerprint density at radius 2 is 1.61 bits per heavy atom. The van der Waals surface area contributed by atoms with Crippen molar-refractivity contribution >= 4 is 5.97 Å². The van der Waals surface area contributed by atoms with E-state index < -0.39 is 83.3 Å². The molecule has 0 aromatic carbocycles.